The van der Waals surface area contributed by atoms with Crippen molar-refractivity contribution < 1.29 is 14.3 Å². The average Bonchev–Trinajstić information content (AvgIpc) is 2.61. The van der Waals surface area contributed by atoms with Gasteiger partial charge in [0.05, 0.1) is 7.11 Å². The lowest BCUT2D eigenvalue weighted by Gasteiger charge is -2.14. The molecule has 0 aliphatic carbocycles. The largest absolute Gasteiger partial charge is 0.497 e. The standard InChI is InChI=1S/C14H15NO3/c1-10-8-13(16)15(14(10)17)7-6-11-4-3-5-12(9-11)18-2/h3-5,8-9H,6-7H2,1-2H3. The zero-order chi connectivity index (χ0) is 13.1. The lowest BCUT2D eigenvalue weighted by atomic mass is 10.1. The van der Waals surface area contributed by atoms with Crippen molar-refractivity contribution >= 4 is 11.8 Å². The Morgan fingerprint density at radius 3 is 2.67 bits per heavy atom. The van der Waals surface area contributed by atoms with Crippen molar-refractivity contribution in [2.45, 2.75) is 13.3 Å². The quantitative estimate of drug-likeness (QED) is 0.756. The van der Waals surface area contributed by atoms with E-state index in [0.717, 1.165) is 11.3 Å². The molecule has 0 fully saturated rings. The van der Waals surface area contributed by atoms with Crippen LogP contribution in [0.4, 0.5) is 0 Å². The maximum atomic E-state index is 11.7. The van der Waals surface area contributed by atoms with Crippen molar-refractivity contribution in [1.29, 1.82) is 0 Å². The van der Waals surface area contributed by atoms with Gasteiger partial charge in [-0.1, -0.05) is 12.1 Å². The molecule has 0 saturated carbocycles. The molecule has 0 unspecified atom stereocenters. The summed E-state index contributed by atoms with van der Waals surface area (Å²) >= 11 is 0. The maximum Gasteiger partial charge on any atom is 0.256 e. The molecule has 1 aromatic rings. The number of carbonyl (C=O) groups excluding carboxylic acids is 2. The highest BCUT2D eigenvalue weighted by Crippen LogP contribution is 2.16. The number of methoxy groups -OCH3 is 1. The Kier molecular flexibility index (Phi) is 3.46. The number of benzene rings is 1. The molecule has 1 heterocycles. The SMILES string of the molecule is COc1cccc(CCN2C(=O)C=C(C)C2=O)c1. The molecule has 1 aromatic carbocycles. The van der Waals surface area contributed by atoms with Gasteiger partial charge >= 0.3 is 0 Å². The Balaban J connectivity index is 2.00. The summed E-state index contributed by atoms with van der Waals surface area (Å²) < 4.78 is 5.13. The first-order valence-corrected chi connectivity index (χ1v) is 5.79. The van der Waals surface area contributed by atoms with Crippen molar-refractivity contribution in [3.05, 3.63) is 41.5 Å². The summed E-state index contributed by atoms with van der Waals surface area (Å²) in [5, 5.41) is 0. The molecule has 1 aliphatic heterocycles. The molecule has 0 atom stereocenters. The number of hydrogen-bond acceptors (Lipinski definition) is 3. The predicted octanol–water partition coefficient (Wildman–Crippen LogP) is 1.55. The molecule has 0 saturated heterocycles. The molecule has 0 aromatic heterocycles. The minimum atomic E-state index is -0.222. The van der Waals surface area contributed by atoms with E-state index in [2.05, 4.69) is 0 Å². The summed E-state index contributed by atoms with van der Waals surface area (Å²) in [6, 6.07) is 7.62. The van der Waals surface area contributed by atoms with Crippen LogP contribution in [0.1, 0.15) is 12.5 Å². The third-order valence-electron chi connectivity index (χ3n) is 2.95. The molecule has 1 aliphatic rings. The highest BCUT2D eigenvalue weighted by atomic mass is 16.5. The van der Waals surface area contributed by atoms with Crippen molar-refractivity contribution in [2.75, 3.05) is 13.7 Å². The predicted molar refractivity (Wildman–Crippen MR) is 67.2 cm³/mol. The van der Waals surface area contributed by atoms with Crippen LogP contribution in [-0.4, -0.2) is 30.4 Å². The van der Waals surface area contributed by atoms with Gasteiger partial charge in [-0.3, -0.25) is 14.5 Å². The molecule has 0 bridgehead atoms. The molecular formula is C14H15NO3. The first kappa shape index (κ1) is 12.4. The van der Waals surface area contributed by atoms with Gasteiger partial charge in [-0.15, -0.1) is 0 Å². The minimum absolute atomic E-state index is 0.192. The normalized spacial score (nSPS) is 15.0. The van der Waals surface area contributed by atoms with Crippen molar-refractivity contribution in [1.82, 2.24) is 4.90 Å². The Morgan fingerprint density at radius 1 is 1.28 bits per heavy atom. The summed E-state index contributed by atoms with van der Waals surface area (Å²) in [6.07, 6.45) is 2.02. The molecule has 2 rings (SSSR count). The van der Waals surface area contributed by atoms with Gasteiger partial charge in [-0.05, 0) is 31.0 Å². The fourth-order valence-electron chi connectivity index (χ4n) is 1.92. The van der Waals surface area contributed by atoms with E-state index in [4.69, 9.17) is 4.74 Å². The molecule has 4 heteroatoms. The highest BCUT2D eigenvalue weighted by Gasteiger charge is 2.27. The summed E-state index contributed by atoms with van der Waals surface area (Å²) in [5.74, 6) is 0.365. The van der Waals surface area contributed by atoms with E-state index in [1.807, 2.05) is 24.3 Å². The second-order valence-corrected chi connectivity index (χ2v) is 4.22. The van der Waals surface area contributed by atoms with Crippen LogP contribution in [0.5, 0.6) is 5.75 Å². The Labute approximate surface area is 106 Å². The van der Waals surface area contributed by atoms with E-state index in [9.17, 15) is 9.59 Å². The average molecular weight is 245 g/mol. The summed E-state index contributed by atoms with van der Waals surface area (Å²) in [5.41, 5.74) is 1.55. The summed E-state index contributed by atoms with van der Waals surface area (Å²) in [6.45, 7) is 2.06. The van der Waals surface area contributed by atoms with Gasteiger partial charge < -0.3 is 4.74 Å². The molecule has 0 N–H and O–H groups in total. The third-order valence-corrected chi connectivity index (χ3v) is 2.95. The van der Waals surface area contributed by atoms with Crippen LogP contribution in [0.15, 0.2) is 35.9 Å². The van der Waals surface area contributed by atoms with Crippen molar-refractivity contribution in [3.8, 4) is 5.75 Å². The number of hydrogen-bond donors (Lipinski definition) is 0. The van der Waals surface area contributed by atoms with E-state index in [1.54, 1.807) is 14.0 Å². The lowest BCUT2D eigenvalue weighted by Crippen LogP contribution is -2.32. The minimum Gasteiger partial charge on any atom is -0.497 e. The number of carbonyl (C=O) groups is 2. The van der Waals surface area contributed by atoms with E-state index in [0.29, 0.717) is 18.5 Å². The number of ether oxygens (including phenoxy) is 1. The van der Waals surface area contributed by atoms with Crippen LogP contribution < -0.4 is 4.74 Å². The fourth-order valence-corrected chi connectivity index (χ4v) is 1.92. The first-order valence-electron chi connectivity index (χ1n) is 5.79. The zero-order valence-corrected chi connectivity index (χ0v) is 10.5. The fraction of sp³-hybridized carbons (Fsp3) is 0.286. The van der Waals surface area contributed by atoms with Crippen LogP contribution in [-0.2, 0) is 16.0 Å². The van der Waals surface area contributed by atoms with Crippen LogP contribution in [0, 0.1) is 0 Å². The molecular weight excluding hydrogens is 230 g/mol. The third kappa shape index (κ3) is 2.42. The topological polar surface area (TPSA) is 46.6 Å². The summed E-state index contributed by atoms with van der Waals surface area (Å²) in [7, 11) is 1.61. The Morgan fingerprint density at radius 2 is 2.06 bits per heavy atom. The number of rotatable bonds is 4. The van der Waals surface area contributed by atoms with Crippen LogP contribution in [0.25, 0.3) is 0 Å². The van der Waals surface area contributed by atoms with Gasteiger partial charge in [0.1, 0.15) is 5.75 Å². The number of nitrogens with zero attached hydrogens (tertiary/aromatic N) is 1. The van der Waals surface area contributed by atoms with Gasteiger partial charge in [-0.2, -0.15) is 0 Å². The molecule has 18 heavy (non-hydrogen) atoms. The van der Waals surface area contributed by atoms with Crippen LogP contribution in [0.3, 0.4) is 0 Å². The Hall–Kier alpha value is -2.10. The molecule has 2 amide bonds. The number of amides is 2. The first-order chi connectivity index (χ1) is 8.61. The highest BCUT2D eigenvalue weighted by molar-refractivity contribution is 6.15. The van der Waals surface area contributed by atoms with Crippen molar-refractivity contribution in [2.24, 2.45) is 0 Å². The van der Waals surface area contributed by atoms with E-state index in [1.165, 1.54) is 11.0 Å². The zero-order valence-electron chi connectivity index (χ0n) is 10.5. The van der Waals surface area contributed by atoms with E-state index in [-0.39, 0.29) is 11.8 Å². The van der Waals surface area contributed by atoms with Gasteiger partial charge in [-0.25, -0.2) is 0 Å². The Bertz CT molecular complexity index is 520. The van der Waals surface area contributed by atoms with E-state index < -0.39 is 0 Å². The van der Waals surface area contributed by atoms with Crippen molar-refractivity contribution in [3.63, 3.8) is 0 Å². The van der Waals surface area contributed by atoms with Crippen LogP contribution in [0.2, 0.25) is 0 Å². The van der Waals surface area contributed by atoms with Crippen LogP contribution >= 0.6 is 0 Å². The van der Waals surface area contributed by atoms with E-state index >= 15 is 0 Å². The van der Waals surface area contributed by atoms with Gasteiger partial charge in [0.25, 0.3) is 11.8 Å². The second-order valence-electron chi connectivity index (χ2n) is 4.22. The summed E-state index contributed by atoms with van der Waals surface area (Å²) in [4.78, 5) is 24.5. The molecule has 4 nitrogen and oxygen atoms in total. The van der Waals surface area contributed by atoms with Gasteiger partial charge in [0.2, 0.25) is 0 Å². The van der Waals surface area contributed by atoms with Gasteiger partial charge in [0, 0.05) is 18.2 Å². The second kappa shape index (κ2) is 5.04. The number of imide groups is 1. The monoisotopic (exact) mass is 245 g/mol. The maximum absolute atomic E-state index is 11.7. The molecule has 94 valence electrons. The molecule has 0 radical (unpaired) electrons. The smallest absolute Gasteiger partial charge is 0.256 e. The lowest BCUT2D eigenvalue weighted by molar-refractivity contribution is -0.137. The molecule has 0 spiro atoms. The van der Waals surface area contributed by atoms with Gasteiger partial charge in [0.15, 0.2) is 0 Å².